The largest absolute Gasteiger partial charge is 0.453 e. The molecule has 2 aromatic carbocycles. The summed E-state index contributed by atoms with van der Waals surface area (Å²) in [6.07, 6.45) is 4.78. The van der Waals surface area contributed by atoms with Crippen LogP contribution in [-0.4, -0.2) is 53.2 Å². The predicted molar refractivity (Wildman–Crippen MR) is 138 cm³/mol. The van der Waals surface area contributed by atoms with E-state index < -0.39 is 5.82 Å². The van der Waals surface area contributed by atoms with E-state index in [0.717, 1.165) is 50.1 Å². The van der Waals surface area contributed by atoms with E-state index >= 15 is 0 Å². The normalized spacial score (nSPS) is 19.0. The van der Waals surface area contributed by atoms with Crippen LogP contribution in [-0.2, 0) is 4.74 Å². The number of halogens is 1. The maximum atomic E-state index is 14.8. The van der Waals surface area contributed by atoms with Gasteiger partial charge in [-0.05, 0) is 63.7 Å². The van der Waals surface area contributed by atoms with Gasteiger partial charge in [-0.15, -0.1) is 0 Å². The Balaban J connectivity index is 1.39. The van der Waals surface area contributed by atoms with Gasteiger partial charge in [-0.2, -0.15) is 5.26 Å². The van der Waals surface area contributed by atoms with E-state index in [1.165, 1.54) is 24.3 Å². The Kier molecular flexibility index (Phi) is 7.25. The van der Waals surface area contributed by atoms with Crippen molar-refractivity contribution in [3.63, 3.8) is 0 Å². The minimum Gasteiger partial charge on any atom is -0.453 e. The van der Waals surface area contributed by atoms with Crippen molar-refractivity contribution in [2.75, 3.05) is 38.0 Å². The van der Waals surface area contributed by atoms with Crippen molar-refractivity contribution in [2.24, 2.45) is 0 Å². The standard InChI is InChI=1S/C26H29FN6O2S/c1-3-33(2)36-32-21-7-5-20(27)25(19(21)14-28)35-18-4-6-22-23(12-18)31-24(15-30-22)17-13-26(34-16-17)8-10-29-11-9-26/h4-7,12,15,17,29,32H,3,8-11,13,16H2,1-2H3. The van der Waals surface area contributed by atoms with E-state index in [0.29, 0.717) is 23.6 Å². The molecule has 1 spiro atoms. The number of aromatic nitrogens is 2. The first-order chi connectivity index (χ1) is 17.5. The summed E-state index contributed by atoms with van der Waals surface area (Å²) in [6, 6.07) is 10.1. The van der Waals surface area contributed by atoms with E-state index in [9.17, 15) is 9.65 Å². The van der Waals surface area contributed by atoms with Gasteiger partial charge < -0.3 is 19.5 Å². The molecule has 1 atom stereocenters. The molecule has 2 N–H and O–H groups in total. The number of rotatable bonds is 7. The number of nitrogens with zero attached hydrogens (tertiary/aromatic N) is 4. The Morgan fingerprint density at radius 3 is 2.92 bits per heavy atom. The van der Waals surface area contributed by atoms with Crippen molar-refractivity contribution in [1.29, 1.82) is 5.26 Å². The van der Waals surface area contributed by atoms with Crippen LogP contribution in [0.25, 0.3) is 11.0 Å². The maximum absolute atomic E-state index is 14.8. The van der Waals surface area contributed by atoms with Crippen molar-refractivity contribution in [1.82, 2.24) is 19.6 Å². The number of piperidine rings is 1. The number of hydrogen-bond acceptors (Lipinski definition) is 9. The average Bonchev–Trinajstić information content (AvgIpc) is 3.31. The number of nitrogens with one attached hydrogen (secondary N) is 2. The number of ether oxygens (including phenoxy) is 2. The molecule has 1 unspecified atom stereocenters. The zero-order chi connectivity index (χ0) is 25.1. The highest BCUT2D eigenvalue weighted by Crippen LogP contribution is 2.41. The molecule has 3 heterocycles. The molecule has 2 aliphatic rings. The third kappa shape index (κ3) is 5.11. The van der Waals surface area contributed by atoms with Gasteiger partial charge in [-0.3, -0.25) is 4.98 Å². The predicted octanol–water partition coefficient (Wildman–Crippen LogP) is 4.99. The highest BCUT2D eigenvalue weighted by atomic mass is 32.2. The van der Waals surface area contributed by atoms with Crippen LogP contribution in [0.15, 0.2) is 36.5 Å². The fourth-order valence-corrected chi connectivity index (χ4v) is 5.25. The molecular formula is C26H29FN6O2S. The van der Waals surface area contributed by atoms with Crippen LogP contribution in [0, 0.1) is 17.1 Å². The van der Waals surface area contributed by atoms with Gasteiger partial charge in [-0.1, -0.05) is 6.92 Å². The summed E-state index contributed by atoms with van der Waals surface area (Å²) in [7, 11) is 1.92. The van der Waals surface area contributed by atoms with Crippen LogP contribution in [0.2, 0.25) is 0 Å². The molecule has 188 valence electrons. The van der Waals surface area contributed by atoms with Gasteiger partial charge in [0.25, 0.3) is 0 Å². The lowest BCUT2D eigenvalue weighted by molar-refractivity contribution is -0.0193. The van der Waals surface area contributed by atoms with Crippen molar-refractivity contribution >= 4 is 28.9 Å². The average molecular weight is 509 g/mol. The molecule has 5 rings (SSSR count). The van der Waals surface area contributed by atoms with Crippen LogP contribution < -0.4 is 14.8 Å². The molecule has 36 heavy (non-hydrogen) atoms. The van der Waals surface area contributed by atoms with Crippen molar-refractivity contribution in [3.05, 3.63) is 53.6 Å². The van der Waals surface area contributed by atoms with Crippen LogP contribution in [0.5, 0.6) is 11.5 Å². The quantitative estimate of drug-likeness (QED) is 0.428. The summed E-state index contributed by atoms with van der Waals surface area (Å²) < 4.78 is 32.0. The number of benzene rings is 2. The topological polar surface area (TPSA) is 95.3 Å². The summed E-state index contributed by atoms with van der Waals surface area (Å²) in [5, 5.41) is 13.2. The Bertz CT molecular complexity index is 1290. The summed E-state index contributed by atoms with van der Waals surface area (Å²) >= 11 is 1.33. The van der Waals surface area contributed by atoms with Crippen LogP contribution in [0.3, 0.4) is 0 Å². The highest BCUT2D eigenvalue weighted by Gasteiger charge is 2.42. The zero-order valence-corrected chi connectivity index (χ0v) is 21.2. The van der Waals surface area contributed by atoms with Gasteiger partial charge in [0.1, 0.15) is 17.4 Å². The second-order valence-corrected chi connectivity index (χ2v) is 10.3. The van der Waals surface area contributed by atoms with Crippen molar-refractivity contribution in [2.45, 2.75) is 37.7 Å². The molecule has 2 aliphatic heterocycles. The minimum absolute atomic E-state index is 0.0635. The Morgan fingerprint density at radius 2 is 2.14 bits per heavy atom. The summed E-state index contributed by atoms with van der Waals surface area (Å²) in [6.45, 7) is 5.40. The molecule has 2 fully saturated rings. The third-order valence-corrected chi connectivity index (χ3v) is 7.75. The molecule has 3 aromatic rings. The van der Waals surface area contributed by atoms with E-state index in [1.54, 1.807) is 18.2 Å². The molecule has 0 aliphatic carbocycles. The first kappa shape index (κ1) is 24.7. The second kappa shape index (κ2) is 10.6. The number of nitriles is 1. The fourth-order valence-electron chi connectivity index (χ4n) is 4.69. The van der Waals surface area contributed by atoms with Crippen LogP contribution in [0.4, 0.5) is 10.1 Å². The van der Waals surface area contributed by atoms with Crippen LogP contribution >= 0.6 is 12.1 Å². The molecule has 10 heteroatoms. The van der Waals surface area contributed by atoms with E-state index in [1.807, 2.05) is 24.5 Å². The van der Waals surface area contributed by atoms with Gasteiger partial charge in [0.05, 0.1) is 34.6 Å². The molecule has 8 nitrogen and oxygen atoms in total. The van der Waals surface area contributed by atoms with Gasteiger partial charge in [0.15, 0.2) is 11.6 Å². The highest BCUT2D eigenvalue weighted by molar-refractivity contribution is 7.98. The smallest absolute Gasteiger partial charge is 0.182 e. The second-order valence-electron chi connectivity index (χ2n) is 9.24. The maximum Gasteiger partial charge on any atom is 0.182 e. The van der Waals surface area contributed by atoms with E-state index in [2.05, 4.69) is 21.1 Å². The fraction of sp³-hybridized carbons (Fsp3) is 0.423. The molecular weight excluding hydrogens is 479 g/mol. The van der Waals surface area contributed by atoms with Gasteiger partial charge in [-0.25, -0.2) is 13.7 Å². The summed E-state index contributed by atoms with van der Waals surface area (Å²) in [5.41, 5.74) is 2.78. The third-order valence-electron chi connectivity index (χ3n) is 6.87. The first-order valence-electron chi connectivity index (χ1n) is 12.2. The molecule has 0 radical (unpaired) electrons. The molecule has 0 saturated carbocycles. The Hall–Kier alpha value is -2.97. The number of hydrogen-bond donors (Lipinski definition) is 2. The molecule has 0 bridgehead atoms. The van der Waals surface area contributed by atoms with Gasteiger partial charge in [0.2, 0.25) is 0 Å². The lowest BCUT2D eigenvalue weighted by atomic mass is 9.85. The molecule has 1 aromatic heterocycles. The first-order valence-corrected chi connectivity index (χ1v) is 12.9. The lowest BCUT2D eigenvalue weighted by Crippen LogP contribution is -2.41. The van der Waals surface area contributed by atoms with Crippen molar-refractivity contribution < 1.29 is 13.9 Å². The van der Waals surface area contributed by atoms with Crippen LogP contribution in [0.1, 0.15) is 43.4 Å². The molecule has 0 amide bonds. The van der Waals surface area contributed by atoms with Gasteiger partial charge in [0, 0.05) is 36.9 Å². The minimum atomic E-state index is -0.610. The van der Waals surface area contributed by atoms with Gasteiger partial charge >= 0.3 is 0 Å². The van der Waals surface area contributed by atoms with E-state index in [-0.39, 0.29) is 22.8 Å². The number of anilines is 1. The number of fused-ring (bicyclic) bond motifs is 1. The Morgan fingerprint density at radius 1 is 1.31 bits per heavy atom. The monoisotopic (exact) mass is 508 g/mol. The Labute approximate surface area is 214 Å². The molecule has 2 saturated heterocycles. The van der Waals surface area contributed by atoms with E-state index in [4.69, 9.17) is 14.5 Å². The summed E-state index contributed by atoms with van der Waals surface area (Å²) in [5.74, 6) is -0.157. The zero-order valence-electron chi connectivity index (χ0n) is 20.4. The lowest BCUT2D eigenvalue weighted by Gasteiger charge is -2.32. The van der Waals surface area contributed by atoms with Crippen molar-refractivity contribution in [3.8, 4) is 17.6 Å². The SMILES string of the molecule is CCN(C)SNc1ccc(F)c(Oc2ccc3ncc(C4COC5(CCNCC5)C4)nc3c2)c1C#N. The summed E-state index contributed by atoms with van der Waals surface area (Å²) in [4.78, 5) is 9.45.